The summed E-state index contributed by atoms with van der Waals surface area (Å²) in [4.78, 5) is 33.2. The van der Waals surface area contributed by atoms with Crippen LogP contribution in [0.3, 0.4) is 0 Å². The lowest BCUT2D eigenvalue weighted by Crippen LogP contribution is -2.29. The number of hydrogen-bond acceptors (Lipinski definition) is 6. The molecule has 0 unspecified atom stereocenters. The van der Waals surface area contributed by atoms with E-state index in [2.05, 4.69) is 0 Å². The summed E-state index contributed by atoms with van der Waals surface area (Å²) >= 11 is 7.67. The molecule has 0 radical (unpaired) electrons. The molecular weight excluding hydrogens is 508 g/mol. The first kappa shape index (κ1) is 23.7. The van der Waals surface area contributed by atoms with Crippen molar-refractivity contribution in [2.45, 2.75) is 39.3 Å². The van der Waals surface area contributed by atoms with Gasteiger partial charge in [0.2, 0.25) is 0 Å². The third kappa shape index (κ3) is 3.90. The van der Waals surface area contributed by atoms with Crippen LogP contribution in [0.25, 0.3) is 16.0 Å². The van der Waals surface area contributed by atoms with E-state index in [0.717, 1.165) is 32.7 Å². The number of aromatic nitrogens is 1. The number of hydrogen-bond donors (Lipinski definition) is 1. The molecule has 2 aliphatic heterocycles. The monoisotopic (exact) mass is 530 g/mol. The van der Waals surface area contributed by atoms with Crippen molar-refractivity contribution in [1.29, 1.82) is 0 Å². The van der Waals surface area contributed by atoms with Gasteiger partial charge in [0, 0.05) is 17.0 Å². The molecule has 1 N–H and O–H groups in total. The Hall–Kier alpha value is -3.68. The molecule has 1 aromatic heterocycles. The number of ketones is 1. The average Bonchev–Trinajstić information content (AvgIpc) is 3.51. The van der Waals surface area contributed by atoms with Crippen LogP contribution in [-0.2, 0) is 16.0 Å². The quantitative estimate of drug-likeness (QED) is 0.185. The number of halogens is 1. The Kier molecular flexibility index (Phi) is 5.58. The van der Waals surface area contributed by atoms with Crippen LogP contribution in [0.1, 0.15) is 40.8 Å². The highest BCUT2D eigenvalue weighted by Crippen LogP contribution is 2.45. The SMILES string of the molecule is Cc1cc(C)c2nc(N3C(=O)C(=O)/C(=C(/O)c4ccc5c(c4)C[C@@H](C)O5)[C@@H]3c3cccc(Cl)c3)sc2c1. The lowest BCUT2D eigenvalue weighted by Gasteiger charge is -2.23. The topological polar surface area (TPSA) is 79.7 Å². The second-order valence-corrected chi connectivity index (χ2v) is 11.0. The molecule has 4 aromatic rings. The van der Waals surface area contributed by atoms with Crippen molar-refractivity contribution in [3.63, 3.8) is 0 Å². The molecular formula is C29H23ClN2O4S. The zero-order valence-corrected chi connectivity index (χ0v) is 22.0. The van der Waals surface area contributed by atoms with E-state index in [4.69, 9.17) is 21.3 Å². The molecule has 6 rings (SSSR count). The summed E-state index contributed by atoms with van der Waals surface area (Å²) in [6.45, 7) is 5.96. The number of aliphatic hydroxyl groups is 1. The minimum Gasteiger partial charge on any atom is -0.507 e. The summed E-state index contributed by atoms with van der Waals surface area (Å²) < 4.78 is 6.71. The molecule has 8 heteroatoms. The zero-order chi connectivity index (χ0) is 26.0. The third-order valence-corrected chi connectivity index (χ3v) is 8.04. The van der Waals surface area contributed by atoms with Gasteiger partial charge in [-0.25, -0.2) is 4.98 Å². The van der Waals surface area contributed by atoms with Crippen LogP contribution >= 0.6 is 22.9 Å². The second-order valence-electron chi connectivity index (χ2n) is 9.60. The maximum Gasteiger partial charge on any atom is 0.301 e. The molecule has 3 heterocycles. The molecule has 1 fully saturated rings. The molecule has 6 nitrogen and oxygen atoms in total. The van der Waals surface area contributed by atoms with Crippen molar-refractivity contribution in [3.8, 4) is 5.75 Å². The number of rotatable bonds is 3. The Balaban J connectivity index is 1.55. The number of nitrogens with zero attached hydrogens (tertiary/aromatic N) is 2. The standard InChI is InChI=1S/C29H23ClN2O4S/c1-14-9-15(2)24-22(10-14)37-29(31-24)32-25(17-5-4-6-20(30)13-17)23(27(34)28(32)35)26(33)18-7-8-21-19(12-18)11-16(3)36-21/h4-10,12-13,16,25,33H,11H2,1-3H3/b26-23+/t16-,25+/m1/s1. The van der Waals surface area contributed by atoms with Crippen LogP contribution in [-0.4, -0.2) is 27.9 Å². The van der Waals surface area contributed by atoms with Gasteiger partial charge in [-0.1, -0.05) is 41.1 Å². The molecule has 2 aliphatic rings. The highest BCUT2D eigenvalue weighted by atomic mass is 35.5. The third-order valence-electron chi connectivity index (χ3n) is 6.80. The molecule has 3 aromatic carbocycles. The highest BCUT2D eigenvalue weighted by molar-refractivity contribution is 7.22. The molecule has 0 saturated carbocycles. The summed E-state index contributed by atoms with van der Waals surface area (Å²) in [6.07, 6.45) is 0.739. The largest absolute Gasteiger partial charge is 0.507 e. The summed E-state index contributed by atoms with van der Waals surface area (Å²) in [5, 5.41) is 12.3. The first-order chi connectivity index (χ1) is 17.7. The van der Waals surface area contributed by atoms with Crippen molar-refractivity contribution >= 4 is 55.7 Å². The first-order valence-electron chi connectivity index (χ1n) is 12.0. The normalized spacial score (nSPS) is 20.5. The summed E-state index contributed by atoms with van der Waals surface area (Å²) in [5.41, 5.74) is 4.88. The minimum absolute atomic E-state index is 0.00587. The molecule has 0 spiro atoms. The van der Waals surface area contributed by atoms with Gasteiger partial charge in [-0.05, 0) is 79.4 Å². The Morgan fingerprint density at radius 2 is 1.95 bits per heavy atom. The number of benzene rings is 3. The number of carbonyl (C=O) groups is 2. The summed E-state index contributed by atoms with van der Waals surface area (Å²) in [5.74, 6) is -0.977. The van der Waals surface area contributed by atoms with Crippen molar-refractivity contribution in [2.24, 2.45) is 0 Å². The number of aliphatic hydroxyl groups excluding tert-OH is 1. The van der Waals surface area contributed by atoms with E-state index in [1.54, 1.807) is 36.4 Å². The van der Waals surface area contributed by atoms with Crippen molar-refractivity contribution in [2.75, 3.05) is 4.90 Å². The van der Waals surface area contributed by atoms with Gasteiger partial charge >= 0.3 is 5.91 Å². The van der Waals surface area contributed by atoms with E-state index in [0.29, 0.717) is 27.7 Å². The average molecular weight is 531 g/mol. The lowest BCUT2D eigenvalue weighted by molar-refractivity contribution is -0.132. The second kappa shape index (κ2) is 8.71. The molecule has 37 heavy (non-hydrogen) atoms. The zero-order valence-electron chi connectivity index (χ0n) is 20.4. The van der Waals surface area contributed by atoms with Gasteiger partial charge in [0.1, 0.15) is 17.6 Å². The van der Waals surface area contributed by atoms with Crippen molar-refractivity contribution in [3.05, 3.63) is 93.0 Å². The van der Waals surface area contributed by atoms with Gasteiger partial charge in [-0.2, -0.15) is 0 Å². The van der Waals surface area contributed by atoms with Crippen LogP contribution in [0, 0.1) is 13.8 Å². The van der Waals surface area contributed by atoms with Gasteiger partial charge < -0.3 is 9.84 Å². The number of fused-ring (bicyclic) bond motifs is 2. The van der Waals surface area contributed by atoms with Crippen LogP contribution in [0.2, 0.25) is 5.02 Å². The van der Waals surface area contributed by atoms with E-state index in [1.165, 1.54) is 16.2 Å². The molecule has 0 bridgehead atoms. The molecule has 186 valence electrons. The number of ether oxygens (including phenoxy) is 1. The number of Topliss-reactive ketones (excluding diaryl/α,β-unsaturated/α-hetero) is 1. The molecule has 0 aliphatic carbocycles. The van der Waals surface area contributed by atoms with Crippen LogP contribution in [0.15, 0.2) is 60.2 Å². The summed E-state index contributed by atoms with van der Waals surface area (Å²) in [6, 6.07) is 15.5. The number of aryl methyl sites for hydroxylation is 2. The Morgan fingerprint density at radius 1 is 1.14 bits per heavy atom. The van der Waals surface area contributed by atoms with E-state index >= 15 is 0 Å². The number of carbonyl (C=O) groups excluding carboxylic acids is 2. The van der Waals surface area contributed by atoms with Gasteiger partial charge in [0.05, 0.1) is 21.8 Å². The molecule has 1 saturated heterocycles. The maximum absolute atomic E-state index is 13.5. The lowest BCUT2D eigenvalue weighted by atomic mass is 9.94. The van der Waals surface area contributed by atoms with E-state index in [-0.39, 0.29) is 17.4 Å². The summed E-state index contributed by atoms with van der Waals surface area (Å²) in [7, 11) is 0. The van der Waals surface area contributed by atoms with Crippen LogP contribution in [0.5, 0.6) is 5.75 Å². The predicted molar refractivity (Wildman–Crippen MR) is 146 cm³/mol. The van der Waals surface area contributed by atoms with Gasteiger partial charge in [0.15, 0.2) is 5.13 Å². The van der Waals surface area contributed by atoms with Crippen LogP contribution < -0.4 is 9.64 Å². The van der Waals surface area contributed by atoms with Crippen molar-refractivity contribution in [1.82, 2.24) is 4.98 Å². The van der Waals surface area contributed by atoms with E-state index in [1.807, 2.05) is 39.0 Å². The fourth-order valence-corrected chi connectivity index (χ4v) is 6.58. The Morgan fingerprint density at radius 3 is 2.73 bits per heavy atom. The number of thiazole rings is 1. The fourth-order valence-electron chi connectivity index (χ4n) is 5.21. The first-order valence-corrected chi connectivity index (χ1v) is 13.1. The predicted octanol–water partition coefficient (Wildman–Crippen LogP) is 6.52. The molecule has 1 amide bonds. The smallest absolute Gasteiger partial charge is 0.301 e. The van der Waals surface area contributed by atoms with Crippen molar-refractivity contribution < 1.29 is 19.4 Å². The Labute approximate surface area is 222 Å². The van der Waals surface area contributed by atoms with Gasteiger partial charge in [0.25, 0.3) is 5.78 Å². The van der Waals surface area contributed by atoms with E-state index in [9.17, 15) is 14.7 Å². The fraction of sp³-hybridized carbons (Fsp3) is 0.207. The number of anilines is 1. The van der Waals surface area contributed by atoms with Gasteiger partial charge in [-0.15, -0.1) is 0 Å². The number of amides is 1. The minimum atomic E-state index is -0.885. The molecule has 2 atom stereocenters. The van der Waals surface area contributed by atoms with Crippen LogP contribution in [0.4, 0.5) is 5.13 Å². The van der Waals surface area contributed by atoms with E-state index < -0.39 is 17.7 Å². The highest BCUT2D eigenvalue weighted by Gasteiger charge is 2.48. The maximum atomic E-state index is 13.5. The van der Waals surface area contributed by atoms with Gasteiger partial charge in [-0.3, -0.25) is 14.5 Å². The Bertz CT molecular complexity index is 1660.